The monoisotopic (exact) mass is 303 g/mol. The Labute approximate surface area is 119 Å². The van der Waals surface area contributed by atoms with Crippen molar-refractivity contribution in [3.63, 3.8) is 0 Å². The van der Waals surface area contributed by atoms with Gasteiger partial charge in [-0.15, -0.1) is 10.2 Å². The Kier molecular flexibility index (Phi) is 4.77. The molecule has 1 aromatic rings. The highest BCUT2D eigenvalue weighted by Crippen LogP contribution is 2.23. The number of hydrogen-bond donors (Lipinski definition) is 0. The SMILES string of the molecule is CC[C@@H](C)CS(=O)(=O)N1CCO[C@@H](c2nnc(C)o2)C1. The molecule has 114 valence electrons. The number of sulfonamides is 1. The molecule has 7 nitrogen and oxygen atoms in total. The minimum Gasteiger partial charge on any atom is -0.423 e. The zero-order valence-electron chi connectivity index (χ0n) is 12.1. The van der Waals surface area contributed by atoms with Gasteiger partial charge in [0.15, 0.2) is 0 Å². The van der Waals surface area contributed by atoms with Crippen molar-refractivity contribution in [2.75, 3.05) is 25.4 Å². The van der Waals surface area contributed by atoms with Crippen molar-refractivity contribution in [2.45, 2.75) is 33.3 Å². The molecule has 2 atom stereocenters. The van der Waals surface area contributed by atoms with E-state index in [-0.39, 0.29) is 18.2 Å². The quantitative estimate of drug-likeness (QED) is 0.810. The van der Waals surface area contributed by atoms with Gasteiger partial charge in [0.1, 0.15) is 6.10 Å². The molecule has 0 aromatic carbocycles. The van der Waals surface area contributed by atoms with E-state index >= 15 is 0 Å². The second-order valence-electron chi connectivity index (χ2n) is 5.17. The number of ether oxygens (including phenoxy) is 1. The number of nitrogens with zero attached hydrogens (tertiary/aromatic N) is 3. The third-order valence-electron chi connectivity index (χ3n) is 3.43. The van der Waals surface area contributed by atoms with Crippen LogP contribution >= 0.6 is 0 Å². The van der Waals surface area contributed by atoms with E-state index in [0.717, 1.165) is 6.42 Å². The molecule has 0 spiro atoms. The van der Waals surface area contributed by atoms with E-state index in [1.54, 1.807) is 6.92 Å². The molecule has 1 aromatic heterocycles. The summed E-state index contributed by atoms with van der Waals surface area (Å²) in [5, 5.41) is 7.65. The first-order valence-electron chi connectivity index (χ1n) is 6.81. The maximum absolute atomic E-state index is 12.3. The van der Waals surface area contributed by atoms with Crippen LogP contribution in [0.15, 0.2) is 4.42 Å². The van der Waals surface area contributed by atoms with E-state index < -0.39 is 16.1 Å². The Balaban J connectivity index is 2.06. The number of aryl methyl sites for hydroxylation is 1. The summed E-state index contributed by atoms with van der Waals surface area (Å²) >= 11 is 0. The molecule has 1 aliphatic rings. The molecule has 1 aliphatic heterocycles. The molecule has 0 radical (unpaired) electrons. The van der Waals surface area contributed by atoms with Gasteiger partial charge in [-0.3, -0.25) is 0 Å². The van der Waals surface area contributed by atoms with Crippen molar-refractivity contribution in [1.82, 2.24) is 14.5 Å². The van der Waals surface area contributed by atoms with E-state index in [1.165, 1.54) is 4.31 Å². The molecule has 0 unspecified atom stereocenters. The van der Waals surface area contributed by atoms with Crippen LogP contribution in [0.1, 0.15) is 38.2 Å². The Morgan fingerprint density at radius 2 is 2.20 bits per heavy atom. The summed E-state index contributed by atoms with van der Waals surface area (Å²) < 4.78 is 37.0. The molecular formula is C12H21N3O4S. The topological polar surface area (TPSA) is 85.5 Å². The smallest absolute Gasteiger partial charge is 0.246 e. The molecular weight excluding hydrogens is 282 g/mol. The predicted molar refractivity (Wildman–Crippen MR) is 72.5 cm³/mol. The van der Waals surface area contributed by atoms with Gasteiger partial charge in [0.05, 0.1) is 12.4 Å². The Bertz CT molecular complexity index is 543. The normalized spacial score (nSPS) is 22.9. The summed E-state index contributed by atoms with van der Waals surface area (Å²) in [7, 11) is -3.27. The Morgan fingerprint density at radius 3 is 2.80 bits per heavy atom. The molecule has 2 rings (SSSR count). The summed E-state index contributed by atoms with van der Waals surface area (Å²) in [6.45, 7) is 6.58. The molecule has 8 heteroatoms. The minimum absolute atomic E-state index is 0.145. The standard InChI is InChI=1S/C12H21N3O4S/c1-4-9(2)8-20(16,17)15-5-6-18-11(7-15)12-14-13-10(3)19-12/h9,11H,4-8H2,1-3H3/t9-,11-/m1/s1. The van der Waals surface area contributed by atoms with Crippen LogP contribution in [0.5, 0.6) is 0 Å². The van der Waals surface area contributed by atoms with Gasteiger partial charge in [0, 0.05) is 20.0 Å². The third-order valence-corrected chi connectivity index (χ3v) is 5.54. The third kappa shape index (κ3) is 3.56. The lowest BCUT2D eigenvalue weighted by atomic mass is 10.2. The van der Waals surface area contributed by atoms with Gasteiger partial charge in [-0.2, -0.15) is 4.31 Å². The lowest BCUT2D eigenvalue weighted by Gasteiger charge is -2.31. The van der Waals surface area contributed by atoms with Crippen LogP contribution in [0.2, 0.25) is 0 Å². The zero-order valence-corrected chi connectivity index (χ0v) is 12.9. The Hall–Kier alpha value is -0.990. The van der Waals surface area contributed by atoms with E-state index in [4.69, 9.17) is 9.15 Å². The predicted octanol–water partition coefficient (Wildman–Crippen LogP) is 1.13. The highest BCUT2D eigenvalue weighted by Gasteiger charge is 2.33. The summed E-state index contributed by atoms with van der Waals surface area (Å²) in [4.78, 5) is 0. The van der Waals surface area contributed by atoms with Crippen molar-refractivity contribution in [2.24, 2.45) is 5.92 Å². The van der Waals surface area contributed by atoms with Gasteiger partial charge in [0.25, 0.3) is 0 Å². The first-order chi connectivity index (χ1) is 9.42. The average molecular weight is 303 g/mol. The second kappa shape index (κ2) is 6.19. The molecule has 1 saturated heterocycles. The van der Waals surface area contributed by atoms with Crippen LogP contribution in [-0.4, -0.2) is 48.4 Å². The molecule has 0 saturated carbocycles. The summed E-state index contributed by atoms with van der Waals surface area (Å²) in [5.41, 5.74) is 0. The fourth-order valence-electron chi connectivity index (χ4n) is 2.05. The van der Waals surface area contributed by atoms with Crippen molar-refractivity contribution in [3.05, 3.63) is 11.8 Å². The van der Waals surface area contributed by atoms with Crippen molar-refractivity contribution >= 4 is 10.0 Å². The van der Waals surface area contributed by atoms with Crippen LogP contribution in [0, 0.1) is 12.8 Å². The largest absolute Gasteiger partial charge is 0.423 e. The average Bonchev–Trinajstić information content (AvgIpc) is 2.85. The molecule has 1 fully saturated rings. The molecule has 0 bridgehead atoms. The summed E-state index contributed by atoms with van der Waals surface area (Å²) in [6, 6.07) is 0. The lowest BCUT2D eigenvalue weighted by Crippen LogP contribution is -2.44. The Morgan fingerprint density at radius 1 is 1.45 bits per heavy atom. The first-order valence-corrected chi connectivity index (χ1v) is 8.42. The van der Waals surface area contributed by atoms with Crippen LogP contribution < -0.4 is 0 Å². The van der Waals surface area contributed by atoms with Gasteiger partial charge in [0.2, 0.25) is 21.8 Å². The lowest BCUT2D eigenvalue weighted by molar-refractivity contribution is -0.0177. The van der Waals surface area contributed by atoms with Crippen LogP contribution in [0.4, 0.5) is 0 Å². The fraction of sp³-hybridized carbons (Fsp3) is 0.833. The van der Waals surface area contributed by atoms with E-state index in [9.17, 15) is 8.42 Å². The minimum atomic E-state index is -3.27. The van der Waals surface area contributed by atoms with Crippen molar-refractivity contribution < 1.29 is 17.6 Å². The van der Waals surface area contributed by atoms with E-state index in [2.05, 4.69) is 10.2 Å². The fourth-order valence-corrected chi connectivity index (χ4v) is 3.93. The molecule has 20 heavy (non-hydrogen) atoms. The van der Waals surface area contributed by atoms with Gasteiger partial charge >= 0.3 is 0 Å². The first kappa shape index (κ1) is 15.4. The highest BCUT2D eigenvalue weighted by molar-refractivity contribution is 7.89. The summed E-state index contributed by atoms with van der Waals surface area (Å²) in [6.07, 6.45) is 0.368. The van der Waals surface area contributed by atoms with Crippen LogP contribution in [0.25, 0.3) is 0 Å². The van der Waals surface area contributed by atoms with Gasteiger partial charge in [-0.05, 0) is 5.92 Å². The molecule has 2 heterocycles. The van der Waals surface area contributed by atoms with Crippen molar-refractivity contribution in [3.8, 4) is 0 Å². The zero-order chi connectivity index (χ0) is 14.8. The number of rotatable bonds is 5. The molecule has 0 N–H and O–H groups in total. The maximum atomic E-state index is 12.3. The van der Waals surface area contributed by atoms with Crippen molar-refractivity contribution in [1.29, 1.82) is 0 Å². The molecule has 0 amide bonds. The maximum Gasteiger partial charge on any atom is 0.246 e. The van der Waals surface area contributed by atoms with E-state index in [0.29, 0.717) is 24.9 Å². The van der Waals surface area contributed by atoms with Gasteiger partial charge < -0.3 is 9.15 Å². The second-order valence-corrected chi connectivity index (χ2v) is 7.18. The van der Waals surface area contributed by atoms with Crippen LogP contribution in [0.3, 0.4) is 0 Å². The highest BCUT2D eigenvalue weighted by atomic mass is 32.2. The van der Waals surface area contributed by atoms with Crippen LogP contribution in [-0.2, 0) is 14.8 Å². The van der Waals surface area contributed by atoms with E-state index in [1.807, 2.05) is 13.8 Å². The van der Waals surface area contributed by atoms with Gasteiger partial charge in [-0.1, -0.05) is 20.3 Å². The number of hydrogen-bond acceptors (Lipinski definition) is 6. The van der Waals surface area contributed by atoms with Gasteiger partial charge in [-0.25, -0.2) is 8.42 Å². The number of aromatic nitrogens is 2. The summed E-state index contributed by atoms with van der Waals surface area (Å²) in [5.74, 6) is 1.10. The molecule has 0 aliphatic carbocycles. The number of morpholine rings is 1.